The van der Waals surface area contributed by atoms with Crippen LogP contribution in [0.3, 0.4) is 0 Å². The molecule has 0 saturated carbocycles. The van der Waals surface area contributed by atoms with Gasteiger partial charge in [-0.1, -0.05) is 12.1 Å². The molecule has 8 heteroatoms. The molecule has 0 fully saturated rings. The standard InChI is InChI=1S/C18H16F3N3O2/c1-23-14-4-2-3-5-15(14)24(17(23)26)11-10-22-16(25)12-6-8-13(9-7-12)18(19,20)21/h2-9H,10-11H2,1H3,(H,22,25). The number of alkyl halides is 3. The molecule has 0 radical (unpaired) electrons. The van der Waals surface area contributed by atoms with Gasteiger partial charge in [-0.05, 0) is 36.4 Å². The van der Waals surface area contributed by atoms with E-state index in [-0.39, 0.29) is 24.3 Å². The number of carbonyl (C=O) groups is 1. The van der Waals surface area contributed by atoms with Gasteiger partial charge in [-0.15, -0.1) is 0 Å². The maximum Gasteiger partial charge on any atom is 0.416 e. The smallest absolute Gasteiger partial charge is 0.350 e. The number of nitrogens with zero attached hydrogens (tertiary/aromatic N) is 2. The molecule has 2 aromatic carbocycles. The molecule has 0 atom stereocenters. The summed E-state index contributed by atoms with van der Waals surface area (Å²) >= 11 is 0. The van der Waals surface area contributed by atoms with Gasteiger partial charge in [-0.25, -0.2) is 4.79 Å². The Labute approximate surface area is 146 Å². The lowest BCUT2D eigenvalue weighted by Gasteiger charge is -2.09. The summed E-state index contributed by atoms with van der Waals surface area (Å²) in [7, 11) is 1.67. The number of carbonyl (C=O) groups excluding carboxylic acids is 1. The second-order valence-electron chi connectivity index (χ2n) is 5.81. The molecule has 0 aliphatic rings. The first kappa shape index (κ1) is 17.8. The first-order valence-corrected chi connectivity index (χ1v) is 7.89. The van der Waals surface area contributed by atoms with Crippen molar-refractivity contribution < 1.29 is 18.0 Å². The molecule has 1 N–H and O–H groups in total. The largest absolute Gasteiger partial charge is 0.416 e. The van der Waals surface area contributed by atoms with Crippen LogP contribution in [0, 0.1) is 0 Å². The Hall–Kier alpha value is -3.03. The van der Waals surface area contributed by atoms with E-state index in [0.29, 0.717) is 0 Å². The van der Waals surface area contributed by atoms with Gasteiger partial charge in [0.2, 0.25) is 0 Å². The van der Waals surface area contributed by atoms with Crippen LogP contribution in [-0.2, 0) is 19.8 Å². The number of hydrogen-bond acceptors (Lipinski definition) is 2. The molecule has 1 amide bonds. The lowest BCUT2D eigenvalue weighted by molar-refractivity contribution is -0.137. The zero-order valence-electron chi connectivity index (χ0n) is 13.9. The number of amides is 1. The highest BCUT2D eigenvalue weighted by atomic mass is 19.4. The molecule has 0 saturated heterocycles. The van der Waals surface area contributed by atoms with Crippen molar-refractivity contribution in [3.63, 3.8) is 0 Å². The number of rotatable bonds is 4. The highest BCUT2D eigenvalue weighted by Gasteiger charge is 2.30. The van der Waals surface area contributed by atoms with Crippen molar-refractivity contribution in [2.24, 2.45) is 7.05 Å². The van der Waals surface area contributed by atoms with E-state index < -0.39 is 17.6 Å². The van der Waals surface area contributed by atoms with Crippen LogP contribution in [0.2, 0.25) is 0 Å². The van der Waals surface area contributed by atoms with E-state index in [1.165, 1.54) is 4.57 Å². The fourth-order valence-electron chi connectivity index (χ4n) is 2.77. The molecule has 136 valence electrons. The normalized spacial score (nSPS) is 11.7. The number of para-hydroxylation sites is 2. The topological polar surface area (TPSA) is 56.0 Å². The summed E-state index contributed by atoms with van der Waals surface area (Å²) in [6.45, 7) is 0.431. The number of halogens is 3. The summed E-state index contributed by atoms with van der Waals surface area (Å²) < 4.78 is 40.7. The van der Waals surface area contributed by atoms with Crippen molar-refractivity contribution >= 4 is 16.9 Å². The van der Waals surface area contributed by atoms with Gasteiger partial charge in [-0.3, -0.25) is 13.9 Å². The van der Waals surface area contributed by atoms with Gasteiger partial charge in [0, 0.05) is 25.7 Å². The van der Waals surface area contributed by atoms with Crippen LogP contribution >= 0.6 is 0 Å². The van der Waals surface area contributed by atoms with Crippen molar-refractivity contribution in [2.45, 2.75) is 12.7 Å². The highest BCUT2D eigenvalue weighted by Crippen LogP contribution is 2.29. The average Bonchev–Trinajstić information content (AvgIpc) is 2.86. The third-order valence-electron chi connectivity index (χ3n) is 4.15. The molecule has 3 aromatic rings. The lowest BCUT2D eigenvalue weighted by atomic mass is 10.1. The Morgan fingerprint density at radius 3 is 2.27 bits per heavy atom. The first-order chi connectivity index (χ1) is 12.3. The average molecular weight is 363 g/mol. The highest BCUT2D eigenvalue weighted by molar-refractivity contribution is 5.94. The van der Waals surface area contributed by atoms with E-state index in [1.54, 1.807) is 11.6 Å². The summed E-state index contributed by atoms with van der Waals surface area (Å²) in [4.78, 5) is 24.3. The van der Waals surface area contributed by atoms with Gasteiger partial charge < -0.3 is 5.32 Å². The predicted molar refractivity (Wildman–Crippen MR) is 91.0 cm³/mol. The molecule has 3 rings (SSSR count). The molecule has 0 spiro atoms. The summed E-state index contributed by atoms with van der Waals surface area (Å²) in [6, 6.07) is 11.3. The van der Waals surface area contributed by atoms with Crippen LogP contribution in [0.5, 0.6) is 0 Å². The van der Waals surface area contributed by atoms with Gasteiger partial charge in [-0.2, -0.15) is 13.2 Å². The number of fused-ring (bicyclic) bond motifs is 1. The van der Waals surface area contributed by atoms with Crippen LogP contribution < -0.4 is 11.0 Å². The molecule has 5 nitrogen and oxygen atoms in total. The number of benzene rings is 2. The Bertz CT molecular complexity index is 1000. The van der Waals surface area contributed by atoms with Crippen LogP contribution in [0.4, 0.5) is 13.2 Å². The maximum atomic E-state index is 12.5. The minimum atomic E-state index is -4.44. The first-order valence-electron chi connectivity index (χ1n) is 7.89. The number of aromatic nitrogens is 2. The SMILES string of the molecule is Cn1c(=O)n(CCNC(=O)c2ccc(C(F)(F)F)cc2)c2ccccc21. The Morgan fingerprint density at radius 1 is 1.04 bits per heavy atom. The van der Waals surface area contributed by atoms with Gasteiger partial charge in [0.15, 0.2) is 0 Å². The van der Waals surface area contributed by atoms with E-state index in [9.17, 15) is 22.8 Å². The number of aryl methyl sites for hydroxylation is 1. The zero-order chi connectivity index (χ0) is 18.9. The summed E-state index contributed by atoms with van der Waals surface area (Å²) in [6.07, 6.45) is -4.44. The number of hydrogen-bond donors (Lipinski definition) is 1. The second-order valence-corrected chi connectivity index (χ2v) is 5.81. The van der Waals surface area contributed by atoms with E-state index in [2.05, 4.69) is 5.32 Å². The number of nitrogens with one attached hydrogen (secondary N) is 1. The Kier molecular flexibility index (Phi) is 4.58. The molecule has 0 bridgehead atoms. The quantitative estimate of drug-likeness (QED) is 0.775. The molecular weight excluding hydrogens is 347 g/mol. The van der Waals surface area contributed by atoms with Crippen LogP contribution in [0.25, 0.3) is 11.0 Å². The minimum Gasteiger partial charge on any atom is -0.350 e. The van der Waals surface area contributed by atoms with Gasteiger partial charge in [0.1, 0.15) is 0 Å². The van der Waals surface area contributed by atoms with Crippen LogP contribution in [-0.4, -0.2) is 21.6 Å². The Morgan fingerprint density at radius 2 is 1.65 bits per heavy atom. The Balaban J connectivity index is 1.68. The van der Waals surface area contributed by atoms with Crippen LogP contribution in [0.15, 0.2) is 53.3 Å². The third-order valence-corrected chi connectivity index (χ3v) is 4.15. The van der Waals surface area contributed by atoms with Crippen molar-refractivity contribution in [1.29, 1.82) is 0 Å². The summed E-state index contributed by atoms with van der Waals surface area (Å²) in [5, 5.41) is 2.62. The van der Waals surface area contributed by atoms with Crippen molar-refractivity contribution in [2.75, 3.05) is 6.54 Å². The fraction of sp³-hybridized carbons (Fsp3) is 0.222. The molecule has 0 aliphatic heterocycles. The lowest BCUT2D eigenvalue weighted by Crippen LogP contribution is -2.31. The van der Waals surface area contributed by atoms with Crippen molar-refractivity contribution in [1.82, 2.24) is 14.5 Å². The van der Waals surface area contributed by atoms with E-state index in [1.807, 2.05) is 24.3 Å². The van der Waals surface area contributed by atoms with Crippen molar-refractivity contribution in [3.05, 3.63) is 70.1 Å². The van der Waals surface area contributed by atoms with Gasteiger partial charge in [0.25, 0.3) is 5.91 Å². The van der Waals surface area contributed by atoms with E-state index in [0.717, 1.165) is 35.3 Å². The predicted octanol–water partition coefficient (Wildman–Crippen LogP) is 2.79. The molecule has 1 aromatic heterocycles. The zero-order valence-corrected chi connectivity index (χ0v) is 13.9. The van der Waals surface area contributed by atoms with Gasteiger partial charge >= 0.3 is 11.9 Å². The van der Waals surface area contributed by atoms with Gasteiger partial charge in [0.05, 0.1) is 16.6 Å². The monoisotopic (exact) mass is 363 g/mol. The second kappa shape index (κ2) is 6.70. The summed E-state index contributed by atoms with van der Waals surface area (Å²) in [5.41, 5.74) is 0.657. The summed E-state index contributed by atoms with van der Waals surface area (Å²) in [5.74, 6) is -0.494. The fourth-order valence-corrected chi connectivity index (χ4v) is 2.77. The van der Waals surface area contributed by atoms with Crippen molar-refractivity contribution in [3.8, 4) is 0 Å². The van der Waals surface area contributed by atoms with E-state index in [4.69, 9.17) is 0 Å². The van der Waals surface area contributed by atoms with E-state index >= 15 is 0 Å². The molecule has 1 heterocycles. The molecule has 0 unspecified atom stereocenters. The molecule has 0 aliphatic carbocycles. The third kappa shape index (κ3) is 3.35. The maximum absolute atomic E-state index is 12.5. The van der Waals surface area contributed by atoms with Crippen LogP contribution in [0.1, 0.15) is 15.9 Å². The molecule has 26 heavy (non-hydrogen) atoms. The molecular formula is C18H16F3N3O2. The minimum absolute atomic E-state index is 0.128. The number of imidazole rings is 1.